The van der Waals surface area contributed by atoms with Crippen LogP contribution in [0.25, 0.3) is 0 Å². The van der Waals surface area contributed by atoms with Crippen LogP contribution >= 0.6 is 0 Å². The summed E-state index contributed by atoms with van der Waals surface area (Å²) in [6.07, 6.45) is 0. The summed E-state index contributed by atoms with van der Waals surface area (Å²) in [5.74, 6) is 0.959. The lowest BCUT2D eigenvalue weighted by atomic mass is 9.77. The lowest BCUT2D eigenvalue weighted by Crippen LogP contribution is -2.56. The molecular formula is C19H21NO2. The first-order valence-corrected chi connectivity index (χ1v) is 7.64. The van der Waals surface area contributed by atoms with Crippen LogP contribution in [0.1, 0.15) is 36.9 Å². The highest BCUT2D eigenvalue weighted by molar-refractivity contribution is 5.91. The highest BCUT2D eigenvalue weighted by atomic mass is 16.5. The number of carbonyl (C=O) groups excluding carboxylic acids is 1. The van der Waals surface area contributed by atoms with Crippen molar-refractivity contribution in [1.29, 1.82) is 0 Å². The van der Waals surface area contributed by atoms with Crippen molar-refractivity contribution in [2.75, 3.05) is 7.11 Å². The molecule has 2 aromatic carbocycles. The summed E-state index contributed by atoms with van der Waals surface area (Å²) in [4.78, 5) is 14.6. The van der Waals surface area contributed by atoms with Gasteiger partial charge in [-0.25, -0.2) is 0 Å². The topological polar surface area (TPSA) is 29.5 Å². The van der Waals surface area contributed by atoms with Crippen LogP contribution in [0.4, 0.5) is 0 Å². The zero-order valence-corrected chi connectivity index (χ0v) is 13.2. The molecule has 22 heavy (non-hydrogen) atoms. The van der Waals surface area contributed by atoms with Crippen molar-refractivity contribution in [2.24, 2.45) is 0 Å². The Kier molecular flexibility index (Phi) is 3.88. The average Bonchev–Trinajstić information content (AvgIpc) is 2.53. The van der Waals surface area contributed by atoms with E-state index in [4.69, 9.17) is 4.74 Å². The molecule has 0 aliphatic carbocycles. The number of carbonyl (C=O) groups is 1. The van der Waals surface area contributed by atoms with Crippen LogP contribution in [0.2, 0.25) is 0 Å². The van der Waals surface area contributed by atoms with E-state index in [9.17, 15) is 4.79 Å². The van der Waals surface area contributed by atoms with Crippen LogP contribution in [-0.4, -0.2) is 24.0 Å². The number of benzene rings is 2. The molecule has 0 saturated carbocycles. The van der Waals surface area contributed by atoms with Gasteiger partial charge in [-0.2, -0.15) is 0 Å². The molecular weight excluding hydrogens is 274 g/mol. The zero-order valence-electron chi connectivity index (χ0n) is 13.2. The molecule has 114 valence electrons. The molecule has 1 fully saturated rings. The van der Waals surface area contributed by atoms with Crippen molar-refractivity contribution >= 4 is 5.91 Å². The van der Waals surface area contributed by atoms with Crippen LogP contribution in [0.5, 0.6) is 5.75 Å². The number of amides is 1. The van der Waals surface area contributed by atoms with Gasteiger partial charge in [-0.05, 0) is 37.1 Å². The Morgan fingerprint density at radius 3 is 2.14 bits per heavy atom. The van der Waals surface area contributed by atoms with Crippen molar-refractivity contribution in [1.82, 2.24) is 4.90 Å². The molecule has 0 bridgehead atoms. The number of hydrogen-bond acceptors (Lipinski definition) is 2. The molecule has 3 heteroatoms. The van der Waals surface area contributed by atoms with Crippen LogP contribution < -0.4 is 4.74 Å². The van der Waals surface area contributed by atoms with E-state index < -0.39 is 0 Å². The third kappa shape index (κ3) is 2.37. The number of methoxy groups -OCH3 is 1. The Bertz CT molecular complexity index is 649. The lowest BCUT2D eigenvalue weighted by Gasteiger charge is -2.50. The van der Waals surface area contributed by atoms with Crippen LogP contribution in [0.3, 0.4) is 0 Å². The summed E-state index contributed by atoms with van der Waals surface area (Å²) in [6, 6.07) is 18.4. The largest absolute Gasteiger partial charge is 0.497 e. The zero-order chi connectivity index (χ0) is 15.7. The molecule has 0 unspecified atom stereocenters. The normalized spacial score (nSPS) is 20.9. The molecule has 0 N–H and O–H groups in total. The maximum Gasteiger partial charge on any atom is 0.233 e. The molecule has 3 rings (SSSR count). The number of ether oxygens (including phenoxy) is 1. The Morgan fingerprint density at radius 1 is 0.955 bits per heavy atom. The van der Waals surface area contributed by atoms with Gasteiger partial charge in [-0.15, -0.1) is 0 Å². The van der Waals surface area contributed by atoms with E-state index in [2.05, 4.69) is 26.0 Å². The molecule has 3 nitrogen and oxygen atoms in total. The fourth-order valence-corrected chi connectivity index (χ4v) is 3.23. The first-order valence-electron chi connectivity index (χ1n) is 7.64. The number of rotatable bonds is 4. The van der Waals surface area contributed by atoms with E-state index in [0.717, 1.165) is 16.9 Å². The van der Waals surface area contributed by atoms with E-state index in [1.54, 1.807) is 7.11 Å². The van der Waals surface area contributed by atoms with E-state index in [1.165, 1.54) is 0 Å². The monoisotopic (exact) mass is 295 g/mol. The molecule has 1 aliphatic heterocycles. The molecule has 0 radical (unpaired) electrons. The molecule has 0 spiro atoms. The van der Waals surface area contributed by atoms with Crippen LogP contribution in [0, 0.1) is 0 Å². The van der Waals surface area contributed by atoms with E-state index in [0.29, 0.717) is 0 Å². The van der Waals surface area contributed by atoms with E-state index in [1.807, 2.05) is 47.4 Å². The fraction of sp³-hybridized carbons (Fsp3) is 0.316. The van der Waals surface area contributed by atoms with Crippen molar-refractivity contribution in [2.45, 2.75) is 31.8 Å². The Morgan fingerprint density at radius 2 is 1.59 bits per heavy atom. The van der Waals surface area contributed by atoms with Gasteiger partial charge in [0.25, 0.3) is 0 Å². The van der Waals surface area contributed by atoms with Gasteiger partial charge in [-0.3, -0.25) is 4.79 Å². The molecule has 1 aliphatic rings. The maximum absolute atomic E-state index is 12.6. The van der Waals surface area contributed by atoms with Gasteiger partial charge in [0.15, 0.2) is 0 Å². The SMILES string of the molecule is COc1ccc([C@@H]2[C@@H](c3ccccc3)C(=O)N2C(C)C)cc1. The van der Waals surface area contributed by atoms with Gasteiger partial charge in [0.2, 0.25) is 5.91 Å². The second-order valence-corrected chi connectivity index (χ2v) is 5.95. The maximum atomic E-state index is 12.6. The predicted molar refractivity (Wildman–Crippen MR) is 86.9 cm³/mol. The van der Waals surface area contributed by atoms with Crippen molar-refractivity contribution in [3.63, 3.8) is 0 Å². The van der Waals surface area contributed by atoms with Crippen LogP contribution in [0.15, 0.2) is 54.6 Å². The summed E-state index contributed by atoms with van der Waals surface area (Å²) < 4.78 is 5.23. The summed E-state index contributed by atoms with van der Waals surface area (Å²) in [5.41, 5.74) is 2.24. The standard InChI is InChI=1S/C19H21NO2/c1-13(2)20-18(15-9-11-16(22-3)12-10-15)17(19(20)21)14-7-5-4-6-8-14/h4-13,17-18H,1-3H3/t17-,18-/m1/s1. The Labute approximate surface area is 131 Å². The van der Waals surface area contributed by atoms with Gasteiger partial charge in [0.1, 0.15) is 5.75 Å². The number of hydrogen-bond donors (Lipinski definition) is 0. The summed E-state index contributed by atoms with van der Waals surface area (Å²) in [5, 5.41) is 0. The fourth-order valence-electron chi connectivity index (χ4n) is 3.23. The third-order valence-corrected chi connectivity index (χ3v) is 4.31. The van der Waals surface area contributed by atoms with Gasteiger partial charge >= 0.3 is 0 Å². The number of nitrogens with zero attached hydrogens (tertiary/aromatic N) is 1. The van der Waals surface area contributed by atoms with Gasteiger partial charge in [0.05, 0.1) is 19.1 Å². The van der Waals surface area contributed by atoms with Crippen LogP contribution in [-0.2, 0) is 4.79 Å². The highest BCUT2D eigenvalue weighted by Crippen LogP contribution is 2.47. The Hall–Kier alpha value is -2.29. The minimum absolute atomic E-state index is 0.0861. The first-order chi connectivity index (χ1) is 10.6. The van der Waals surface area contributed by atoms with E-state index in [-0.39, 0.29) is 23.9 Å². The average molecular weight is 295 g/mol. The van der Waals surface area contributed by atoms with E-state index >= 15 is 0 Å². The second kappa shape index (κ2) is 5.84. The predicted octanol–water partition coefficient (Wildman–Crippen LogP) is 3.77. The molecule has 1 heterocycles. The van der Waals surface area contributed by atoms with Crippen molar-refractivity contribution in [3.8, 4) is 5.75 Å². The minimum atomic E-state index is -0.0861. The highest BCUT2D eigenvalue weighted by Gasteiger charge is 2.49. The molecule has 2 atom stereocenters. The smallest absolute Gasteiger partial charge is 0.233 e. The summed E-state index contributed by atoms with van der Waals surface area (Å²) >= 11 is 0. The van der Waals surface area contributed by atoms with Crippen molar-refractivity contribution in [3.05, 3.63) is 65.7 Å². The molecule has 1 saturated heterocycles. The first kappa shape index (κ1) is 14.6. The molecule has 0 aromatic heterocycles. The number of β-lactam (4-membered cyclic amide) rings is 1. The van der Waals surface area contributed by atoms with Gasteiger partial charge in [0, 0.05) is 6.04 Å². The molecule has 1 amide bonds. The summed E-state index contributed by atoms with van der Waals surface area (Å²) in [7, 11) is 1.66. The Balaban J connectivity index is 1.97. The molecule has 2 aromatic rings. The number of likely N-dealkylation sites (tertiary alicyclic amines) is 1. The second-order valence-electron chi connectivity index (χ2n) is 5.95. The third-order valence-electron chi connectivity index (χ3n) is 4.31. The minimum Gasteiger partial charge on any atom is -0.497 e. The quantitative estimate of drug-likeness (QED) is 0.804. The lowest BCUT2D eigenvalue weighted by molar-refractivity contribution is -0.153. The summed E-state index contributed by atoms with van der Waals surface area (Å²) in [6.45, 7) is 4.13. The van der Waals surface area contributed by atoms with Crippen molar-refractivity contribution < 1.29 is 9.53 Å². The van der Waals surface area contributed by atoms with Gasteiger partial charge < -0.3 is 9.64 Å². The van der Waals surface area contributed by atoms with Gasteiger partial charge in [-0.1, -0.05) is 42.5 Å².